The van der Waals surface area contributed by atoms with Gasteiger partial charge in [-0.2, -0.15) is 18.4 Å². The molecule has 2 aromatic carbocycles. The minimum absolute atomic E-state index is 0.330. The van der Waals surface area contributed by atoms with Gasteiger partial charge in [-0.05, 0) is 17.7 Å². The van der Waals surface area contributed by atoms with Crippen molar-refractivity contribution in [3.63, 3.8) is 0 Å². The molecular weight excluding hydrogens is 494 g/mol. The van der Waals surface area contributed by atoms with Crippen LogP contribution in [-0.4, -0.2) is 26.2 Å². The number of ether oxygens (including phenoxy) is 2. The third-order valence-corrected chi connectivity index (χ3v) is 5.46. The fourth-order valence-corrected chi connectivity index (χ4v) is 3.88. The minimum atomic E-state index is -4.95. The van der Waals surface area contributed by atoms with Crippen molar-refractivity contribution in [2.75, 3.05) is 19.1 Å². The topological polar surface area (TPSA) is 106 Å². The summed E-state index contributed by atoms with van der Waals surface area (Å²) in [5.74, 6) is -5.64. The number of nitriles is 1. The van der Waals surface area contributed by atoms with Gasteiger partial charge in [0.05, 0.1) is 53.6 Å². The van der Waals surface area contributed by atoms with Gasteiger partial charge in [0.2, 0.25) is 0 Å². The van der Waals surface area contributed by atoms with E-state index in [-0.39, 0.29) is 5.57 Å². The number of carbonyl (C=O) groups excluding carboxylic acids is 2. The summed E-state index contributed by atoms with van der Waals surface area (Å²) in [4.78, 5) is 26.3. The molecule has 0 aromatic heterocycles. The zero-order valence-electron chi connectivity index (χ0n) is 18.1. The smallest absolute Gasteiger partial charge is 0.416 e. The fraction of sp³-hybridized carbons (Fsp3) is 0.174. The summed E-state index contributed by atoms with van der Waals surface area (Å²) in [5, 5.41) is 8.98. The number of nitrogens with zero attached hydrogens (tertiary/aromatic N) is 2. The third-order valence-electron chi connectivity index (χ3n) is 5.19. The fourth-order valence-electron chi connectivity index (χ4n) is 3.66. The van der Waals surface area contributed by atoms with Crippen LogP contribution in [-0.2, 0) is 25.2 Å². The van der Waals surface area contributed by atoms with Crippen LogP contribution in [0.15, 0.2) is 65.1 Å². The second kappa shape index (κ2) is 9.68. The van der Waals surface area contributed by atoms with E-state index in [1.54, 1.807) is 18.2 Å². The first kappa shape index (κ1) is 25.6. The lowest BCUT2D eigenvalue weighted by Crippen LogP contribution is -2.41. The van der Waals surface area contributed by atoms with E-state index >= 15 is 4.39 Å². The van der Waals surface area contributed by atoms with Crippen LogP contribution >= 0.6 is 11.6 Å². The van der Waals surface area contributed by atoms with Crippen molar-refractivity contribution in [2.45, 2.75) is 12.1 Å². The monoisotopic (exact) mass is 509 g/mol. The van der Waals surface area contributed by atoms with E-state index in [1.165, 1.54) is 12.1 Å². The van der Waals surface area contributed by atoms with Crippen molar-refractivity contribution in [1.29, 1.82) is 5.26 Å². The molecule has 1 aliphatic rings. The number of carbonyl (C=O) groups is 2. The molecule has 0 bridgehead atoms. The molecular formula is C23H16ClF4N3O4. The first-order valence-electron chi connectivity index (χ1n) is 9.69. The number of allylic oxidation sites excluding steroid dienone is 1. The van der Waals surface area contributed by atoms with Gasteiger partial charge in [-0.15, -0.1) is 0 Å². The highest BCUT2D eigenvalue weighted by atomic mass is 35.5. The number of benzene rings is 2. The minimum Gasteiger partial charge on any atom is -0.466 e. The van der Waals surface area contributed by atoms with Crippen LogP contribution in [0.1, 0.15) is 17.0 Å². The number of hydrogen-bond acceptors (Lipinski definition) is 7. The van der Waals surface area contributed by atoms with Gasteiger partial charge < -0.3 is 15.2 Å². The van der Waals surface area contributed by atoms with Gasteiger partial charge in [0, 0.05) is 0 Å². The van der Waals surface area contributed by atoms with Crippen LogP contribution in [0.4, 0.5) is 23.2 Å². The molecule has 12 heteroatoms. The predicted octanol–water partition coefficient (Wildman–Crippen LogP) is 4.40. The van der Waals surface area contributed by atoms with Gasteiger partial charge in [0.25, 0.3) is 0 Å². The summed E-state index contributed by atoms with van der Waals surface area (Å²) in [5.41, 5.74) is 2.61. The molecule has 2 aromatic rings. The lowest BCUT2D eigenvalue weighted by molar-refractivity contribution is -0.139. The normalized spacial score (nSPS) is 16.2. The molecule has 7 nitrogen and oxygen atoms in total. The predicted molar refractivity (Wildman–Crippen MR) is 116 cm³/mol. The summed E-state index contributed by atoms with van der Waals surface area (Å²) in [6.07, 6.45) is -4.95. The summed E-state index contributed by atoms with van der Waals surface area (Å²) >= 11 is 5.73. The first-order valence-corrected chi connectivity index (χ1v) is 10.1. The van der Waals surface area contributed by atoms with Crippen molar-refractivity contribution in [1.82, 2.24) is 0 Å². The lowest BCUT2D eigenvalue weighted by Gasteiger charge is -2.36. The Morgan fingerprint density at radius 1 is 1.11 bits per heavy atom. The van der Waals surface area contributed by atoms with Crippen LogP contribution in [0.3, 0.4) is 0 Å². The Morgan fingerprint density at radius 2 is 1.71 bits per heavy atom. The number of methoxy groups -OCH3 is 2. The van der Waals surface area contributed by atoms with Gasteiger partial charge in [0.1, 0.15) is 11.5 Å². The highest BCUT2D eigenvalue weighted by Crippen LogP contribution is 2.45. The molecule has 0 spiro atoms. The maximum atomic E-state index is 15.1. The first-order chi connectivity index (χ1) is 16.5. The largest absolute Gasteiger partial charge is 0.466 e. The zero-order chi connectivity index (χ0) is 26.1. The molecule has 0 radical (unpaired) electrons. The van der Waals surface area contributed by atoms with E-state index in [9.17, 15) is 28.0 Å². The van der Waals surface area contributed by atoms with Crippen molar-refractivity contribution < 1.29 is 36.6 Å². The second-order valence-corrected chi connectivity index (χ2v) is 7.53. The Hall–Kier alpha value is -4.04. The Kier molecular flexibility index (Phi) is 7.07. The van der Waals surface area contributed by atoms with E-state index in [2.05, 4.69) is 0 Å². The highest BCUT2D eigenvalue weighted by molar-refractivity contribution is 6.31. The van der Waals surface area contributed by atoms with Crippen LogP contribution < -0.4 is 10.6 Å². The number of alkyl halides is 3. The number of anilines is 1. The molecule has 0 saturated carbocycles. The van der Waals surface area contributed by atoms with Gasteiger partial charge in [-0.1, -0.05) is 41.9 Å². The van der Waals surface area contributed by atoms with Crippen LogP contribution in [0.2, 0.25) is 5.02 Å². The summed E-state index contributed by atoms with van der Waals surface area (Å²) in [6.45, 7) is 0. The zero-order valence-corrected chi connectivity index (χ0v) is 18.9. The summed E-state index contributed by atoms with van der Waals surface area (Å²) < 4.78 is 65.1. The van der Waals surface area contributed by atoms with Crippen LogP contribution in [0.25, 0.3) is 0 Å². The molecule has 1 atom stereocenters. The number of nitrogens with two attached hydrogens (primary N) is 1. The van der Waals surface area contributed by atoms with Crippen molar-refractivity contribution in [2.24, 2.45) is 5.73 Å². The maximum Gasteiger partial charge on any atom is 0.416 e. The van der Waals surface area contributed by atoms with Crippen molar-refractivity contribution >= 4 is 29.2 Å². The number of hydrogen-bond donors (Lipinski definition) is 1. The van der Waals surface area contributed by atoms with E-state index in [1.807, 2.05) is 6.07 Å². The average Bonchev–Trinajstić information content (AvgIpc) is 2.83. The molecule has 0 saturated heterocycles. The maximum absolute atomic E-state index is 15.1. The Labute approximate surface area is 201 Å². The van der Waals surface area contributed by atoms with Crippen molar-refractivity contribution in [3.8, 4) is 6.07 Å². The molecule has 1 aliphatic heterocycles. The number of esters is 2. The second-order valence-electron chi connectivity index (χ2n) is 7.12. The SMILES string of the molecule is COC(=O)C1=C(C(=O)OC)N(c2cc(C(F)(F)F)cc(Cl)c2F)C(N)=C(C#N)C1c1ccccc1. The van der Waals surface area contributed by atoms with E-state index in [0.29, 0.717) is 22.6 Å². The Bertz CT molecular complexity index is 1300. The summed E-state index contributed by atoms with van der Waals surface area (Å²) in [6, 6.07) is 10.4. The van der Waals surface area contributed by atoms with Crippen molar-refractivity contribution in [3.05, 3.63) is 87.1 Å². The average molecular weight is 510 g/mol. The van der Waals surface area contributed by atoms with Gasteiger partial charge >= 0.3 is 18.1 Å². The molecule has 1 unspecified atom stereocenters. The standard InChI is InChI=1S/C23H16ClF4N3O4/c1-34-21(32)17-16(11-6-4-3-5-7-11)13(10-29)20(30)31(19(17)22(33)35-2)15-9-12(23(26,27)28)8-14(24)18(15)25/h3-9,16H,30H2,1-2H3. The quantitative estimate of drug-likeness (QED) is 0.481. The van der Waals surface area contributed by atoms with Gasteiger partial charge in [0.15, 0.2) is 5.82 Å². The molecule has 2 N–H and O–H groups in total. The molecule has 3 rings (SSSR count). The van der Waals surface area contributed by atoms with Crippen LogP contribution in [0, 0.1) is 17.1 Å². The van der Waals surface area contributed by atoms with E-state index < -0.39 is 63.2 Å². The van der Waals surface area contributed by atoms with E-state index in [0.717, 1.165) is 14.2 Å². The Balaban J connectivity index is 2.49. The summed E-state index contributed by atoms with van der Waals surface area (Å²) in [7, 11) is 1.93. The molecule has 35 heavy (non-hydrogen) atoms. The highest BCUT2D eigenvalue weighted by Gasteiger charge is 2.44. The molecule has 182 valence electrons. The van der Waals surface area contributed by atoms with Gasteiger partial charge in [-0.25, -0.2) is 14.0 Å². The molecule has 1 heterocycles. The van der Waals surface area contributed by atoms with Crippen LogP contribution in [0.5, 0.6) is 0 Å². The van der Waals surface area contributed by atoms with Gasteiger partial charge in [-0.3, -0.25) is 4.90 Å². The number of halogens is 5. The third kappa shape index (κ3) is 4.52. The lowest BCUT2D eigenvalue weighted by atomic mass is 9.81. The molecule has 0 fully saturated rings. The Morgan fingerprint density at radius 3 is 2.23 bits per heavy atom. The number of rotatable bonds is 4. The molecule has 0 amide bonds. The van der Waals surface area contributed by atoms with E-state index in [4.69, 9.17) is 26.8 Å². The molecule has 0 aliphatic carbocycles.